The van der Waals surface area contributed by atoms with Gasteiger partial charge in [-0.3, -0.25) is 15.0 Å². The average Bonchev–Trinajstić information content (AvgIpc) is 3.17. The number of rotatable bonds is 3. The van der Waals surface area contributed by atoms with Crippen LogP contribution in [-0.4, -0.2) is 40.4 Å². The van der Waals surface area contributed by atoms with Crippen LogP contribution in [0.4, 0.5) is 4.39 Å². The zero-order valence-corrected chi connectivity index (χ0v) is 14.8. The molecule has 0 radical (unpaired) electrons. The average molecular weight is 371 g/mol. The number of amides is 1. The van der Waals surface area contributed by atoms with E-state index in [1.807, 2.05) is 4.90 Å². The summed E-state index contributed by atoms with van der Waals surface area (Å²) < 4.78 is 14.2. The number of likely N-dealkylation sites (tertiary alicyclic amines) is 1. The third-order valence-electron chi connectivity index (χ3n) is 5.46. The predicted molar refractivity (Wildman–Crippen MR) is 97.2 cm³/mol. The van der Waals surface area contributed by atoms with Crippen molar-refractivity contribution in [2.75, 3.05) is 19.6 Å². The van der Waals surface area contributed by atoms with E-state index in [9.17, 15) is 14.0 Å². The first-order valence-electron chi connectivity index (χ1n) is 9.19. The molecule has 0 bridgehead atoms. The molecule has 0 aliphatic carbocycles. The number of hydrazine groups is 1. The molecule has 2 aliphatic rings. The van der Waals surface area contributed by atoms with Crippen LogP contribution in [0.15, 0.2) is 41.5 Å². The lowest BCUT2D eigenvalue weighted by Crippen LogP contribution is -2.43. The fourth-order valence-corrected chi connectivity index (χ4v) is 3.99. The number of nitrogens with one attached hydrogen (secondary N) is 3. The van der Waals surface area contributed by atoms with Crippen LogP contribution in [0.25, 0.3) is 0 Å². The van der Waals surface area contributed by atoms with Crippen LogP contribution < -0.4 is 16.4 Å². The number of carbonyl (C=O) groups excluding carboxylic acids is 1. The van der Waals surface area contributed by atoms with Crippen LogP contribution in [0.1, 0.15) is 36.1 Å². The summed E-state index contributed by atoms with van der Waals surface area (Å²) in [6.45, 7) is 1.68. The summed E-state index contributed by atoms with van der Waals surface area (Å²) in [6, 6.07) is 7.69. The van der Waals surface area contributed by atoms with Gasteiger partial charge in [-0.15, -0.1) is 0 Å². The Balaban J connectivity index is 1.43. The lowest BCUT2D eigenvalue weighted by molar-refractivity contribution is -0.136. The molecule has 1 aromatic heterocycles. The zero-order valence-electron chi connectivity index (χ0n) is 14.8. The quantitative estimate of drug-likeness (QED) is 0.751. The summed E-state index contributed by atoms with van der Waals surface area (Å²) in [4.78, 5) is 33.1. The standard InChI is InChI=1S/C19H22FN5O2/c20-15-4-2-1-3-13(15)18-14(10-23-24-18)19(27)25-7-5-12(6-8-25)16-9-17(26)22-11-21-16/h1-4,9,11-12,14,18,23-24H,5-8,10H2,(H,21,22,26). The van der Waals surface area contributed by atoms with Gasteiger partial charge in [-0.25, -0.2) is 14.8 Å². The monoisotopic (exact) mass is 371 g/mol. The van der Waals surface area contributed by atoms with Crippen LogP contribution in [0.5, 0.6) is 0 Å². The molecule has 0 saturated carbocycles. The Morgan fingerprint density at radius 3 is 2.74 bits per heavy atom. The topological polar surface area (TPSA) is 90.1 Å². The van der Waals surface area contributed by atoms with E-state index in [2.05, 4.69) is 20.8 Å². The van der Waals surface area contributed by atoms with Gasteiger partial charge in [-0.05, 0) is 18.9 Å². The number of aromatic nitrogens is 2. The first kappa shape index (κ1) is 17.8. The number of H-pyrrole nitrogens is 1. The molecule has 27 heavy (non-hydrogen) atoms. The van der Waals surface area contributed by atoms with Crippen molar-refractivity contribution >= 4 is 5.91 Å². The van der Waals surface area contributed by atoms with Crippen molar-refractivity contribution in [1.82, 2.24) is 25.7 Å². The van der Waals surface area contributed by atoms with Crippen molar-refractivity contribution in [2.45, 2.75) is 24.8 Å². The highest BCUT2D eigenvalue weighted by Crippen LogP contribution is 2.31. The highest BCUT2D eigenvalue weighted by Gasteiger charge is 2.38. The number of hydrogen-bond donors (Lipinski definition) is 3. The minimum absolute atomic E-state index is 0.0260. The molecule has 2 aromatic rings. The van der Waals surface area contributed by atoms with Gasteiger partial charge in [0.25, 0.3) is 5.56 Å². The molecular formula is C19H22FN5O2. The largest absolute Gasteiger partial charge is 0.342 e. The molecule has 142 valence electrons. The number of carbonyl (C=O) groups is 1. The second-order valence-electron chi connectivity index (χ2n) is 7.07. The summed E-state index contributed by atoms with van der Waals surface area (Å²) >= 11 is 0. The molecule has 2 fully saturated rings. The molecule has 0 spiro atoms. The molecular weight excluding hydrogens is 349 g/mol. The van der Waals surface area contributed by atoms with Gasteiger partial charge >= 0.3 is 0 Å². The third-order valence-corrected chi connectivity index (χ3v) is 5.46. The summed E-state index contributed by atoms with van der Waals surface area (Å²) in [6.07, 6.45) is 2.95. The van der Waals surface area contributed by atoms with Gasteiger partial charge in [0.05, 0.1) is 24.0 Å². The van der Waals surface area contributed by atoms with Crippen molar-refractivity contribution in [3.8, 4) is 0 Å². The van der Waals surface area contributed by atoms with Gasteiger partial charge in [0, 0.05) is 37.2 Å². The Kier molecular flexibility index (Phi) is 5.00. The molecule has 2 unspecified atom stereocenters. The van der Waals surface area contributed by atoms with E-state index in [0.29, 0.717) is 25.2 Å². The van der Waals surface area contributed by atoms with Crippen molar-refractivity contribution in [3.63, 3.8) is 0 Å². The smallest absolute Gasteiger partial charge is 0.250 e. The maximum absolute atomic E-state index is 14.2. The first-order chi connectivity index (χ1) is 13.1. The van der Waals surface area contributed by atoms with Gasteiger partial charge in [-0.2, -0.15) is 0 Å². The number of piperidine rings is 1. The molecule has 2 atom stereocenters. The van der Waals surface area contributed by atoms with E-state index >= 15 is 0 Å². The Morgan fingerprint density at radius 1 is 1.22 bits per heavy atom. The minimum atomic E-state index is -0.384. The van der Waals surface area contributed by atoms with E-state index in [1.54, 1.807) is 18.2 Å². The Bertz CT molecular complexity index is 878. The molecule has 1 aromatic carbocycles. The van der Waals surface area contributed by atoms with Gasteiger partial charge in [0.2, 0.25) is 5.91 Å². The fraction of sp³-hybridized carbons (Fsp3) is 0.421. The number of hydrogen-bond acceptors (Lipinski definition) is 5. The lowest BCUT2D eigenvalue weighted by Gasteiger charge is -2.34. The summed E-state index contributed by atoms with van der Waals surface area (Å²) in [5, 5.41) is 0. The van der Waals surface area contributed by atoms with Crippen LogP contribution >= 0.6 is 0 Å². The first-order valence-corrected chi connectivity index (χ1v) is 9.19. The van der Waals surface area contributed by atoms with Crippen LogP contribution in [0.3, 0.4) is 0 Å². The Morgan fingerprint density at radius 2 is 2.00 bits per heavy atom. The van der Waals surface area contributed by atoms with Gasteiger partial charge in [0.1, 0.15) is 5.82 Å². The van der Waals surface area contributed by atoms with E-state index in [1.165, 1.54) is 18.5 Å². The number of benzene rings is 1. The highest BCUT2D eigenvalue weighted by molar-refractivity contribution is 5.80. The molecule has 2 aliphatic heterocycles. The van der Waals surface area contributed by atoms with Crippen molar-refractivity contribution in [3.05, 3.63) is 64.1 Å². The maximum atomic E-state index is 14.2. The molecule has 3 N–H and O–H groups in total. The highest BCUT2D eigenvalue weighted by atomic mass is 19.1. The van der Waals surface area contributed by atoms with E-state index in [-0.39, 0.29) is 35.2 Å². The maximum Gasteiger partial charge on any atom is 0.250 e. The number of halogens is 1. The molecule has 4 rings (SSSR count). The zero-order chi connectivity index (χ0) is 18.8. The normalized spacial score (nSPS) is 23.5. The Hall–Kier alpha value is -2.58. The fourth-order valence-electron chi connectivity index (χ4n) is 3.99. The minimum Gasteiger partial charge on any atom is -0.342 e. The van der Waals surface area contributed by atoms with Crippen molar-refractivity contribution < 1.29 is 9.18 Å². The molecule has 3 heterocycles. The second-order valence-corrected chi connectivity index (χ2v) is 7.07. The van der Waals surface area contributed by atoms with Gasteiger partial charge in [0.15, 0.2) is 0 Å². The molecule has 8 heteroatoms. The third kappa shape index (κ3) is 3.63. The SMILES string of the molecule is O=C(C1CNNC1c1ccccc1F)N1CCC(c2cc(=O)[nH]cn2)CC1. The van der Waals surface area contributed by atoms with E-state index < -0.39 is 0 Å². The predicted octanol–water partition coefficient (Wildman–Crippen LogP) is 1.08. The van der Waals surface area contributed by atoms with Crippen LogP contribution in [0, 0.1) is 11.7 Å². The van der Waals surface area contributed by atoms with E-state index in [4.69, 9.17) is 0 Å². The number of nitrogens with zero attached hydrogens (tertiary/aromatic N) is 2. The second kappa shape index (κ2) is 7.58. The molecule has 1 amide bonds. The summed E-state index contributed by atoms with van der Waals surface area (Å²) in [5.74, 6) is -0.455. The lowest BCUT2D eigenvalue weighted by atomic mass is 9.90. The van der Waals surface area contributed by atoms with Crippen molar-refractivity contribution in [1.29, 1.82) is 0 Å². The molecule has 2 saturated heterocycles. The Labute approximate surface area is 156 Å². The van der Waals surface area contributed by atoms with Crippen molar-refractivity contribution in [2.24, 2.45) is 5.92 Å². The van der Waals surface area contributed by atoms with Gasteiger partial charge in [-0.1, -0.05) is 18.2 Å². The number of aromatic amines is 1. The van der Waals surface area contributed by atoms with Crippen LogP contribution in [-0.2, 0) is 4.79 Å². The molecule has 7 nitrogen and oxygen atoms in total. The summed E-state index contributed by atoms with van der Waals surface area (Å²) in [7, 11) is 0. The van der Waals surface area contributed by atoms with Crippen LogP contribution in [0.2, 0.25) is 0 Å². The van der Waals surface area contributed by atoms with E-state index in [0.717, 1.165) is 18.5 Å². The van der Waals surface area contributed by atoms with Gasteiger partial charge < -0.3 is 9.88 Å². The summed E-state index contributed by atoms with van der Waals surface area (Å²) in [5.41, 5.74) is 7.16.